The first kappa shape index (κ1) is 23.7. The van der Waals surface area contributed by atoms with E-state index in [1.54, 1.807) is 0 Å². The minimum atomic E-state index is -0.970. The standard InChI is InChI=1S/C30H26N4O4/c31-33(29(35)37-17-27-23-13-5-1-9-19(23)20-10-2-6-14-24(20)27)34(32)30(36)38-18-28-25-15-7-3-11-21(25)22-12-4-8-16-26(22)28/h1-16,27-28H,17-18,31-32H2. The third kappa shape index (κ3) is 3.96. The molecule has 8 nitrogen and oxygen atoms in total. The fourth-order valence-corrected chi connectivity index (χ4v) is 5.50. The predicted molar refractivity (Wildman–Crippen MR) is 142 cm³/mol. The van der Waals surface area contributed by atoms with Gasteiger partial charge in [0.25, 0.3) is 0 Å². The Balaban J connectivity index is 1.09. The Hall–Kier alpha value is -4.66. The summed E-state index contributed by atoms with van der Waals surface area (Å²) in [6.45, 7) is 0.0815. The first-order valence-electron chi connectivity index (χ1n) is 12.3. The number of benzene rings is 4. The highest BCUT2D eigenvalue weighted by Gasteiger charge is 2.32. The van der Waals surface area contributed by atoms with Gasteiger partial charge >= 0.3 is 12.2 Å². The summed E-state index contributed by atoms with van der Waals surface area (Å²) in [7, 11) is 0. The number of nitrogens with two attached hydrogens (primary N) is 2. The van der Waals surface area contributed by atoms with Crippen molar-refractivity contribution in [1.82, 2.24) is 10.2 Å². The molecular formula is C30H26N4O4. The number of ether oxygens (including phenoxy) is 2. The topological polar surface area (TPSA) is 111 Å². The molecule has 0 atom stereocenters. The lowest BCUT2D eigenvalue weighted by Crippen LogP contribution is -2.58. The zero-order valence-electron chi connectivity index (χ0n) is 20.5. The summed E-state index contributed by atoms with van der Waals surface area (Å²) in [4.78, 5) is 25.4. The fourth-order valence-electron chi connectivity index (χ4n) is 5.50. The number of nitrogens with zero attached hydrogens (tertiary/aromatic N) is 2. The van der Waals surface area contributed by atoms with Crippen LogP contribution in [0.3, 0.4) is 0 Å². The molecule has 0 bridgehead atoms. The van der Waals surface area contributed by atoms with Crippen molar-refractivity contribution in [3.63, 3.8) is 0 Å². The Bertz CT molecular complexity index is 1330. The molecule has 0 saturated carbocycles. The van der Waals surface area contributed by atoms with Crippen LogP contribution in [0.5, 0.6) is 0 Å². The Morgan fingerprint density at radius 1 is 0.526 bits per heavy atom. The first-order valence-corrected chi connectivity index (χ1v) is 12.3. The van der Waals surface area contributed by atoms with Gasteiger partial charge in [0.15, 0.2) is 0 Å². The van der Waals surface area contributed by atoms with Crippen LogP contribution in [0, 0.1) is 0 Å². The van der Waals surface area contributed by atoms with E-state index in [1.165, 1.54) is 0 Å². The van der Waals surface area contributed by atoms with E-state index in [9.17, 15) is 9.59 Å². The molecule has 0 heterocycles. The number of hydrogen-bond acceptors (Lipinski definition) is 6. The van der Waals surface area contributed by atoms with Gasteiger partial charge in [-0.1, -0.05) is 97.1 Å². The molecule has 4 aromatic rings. The van der Waals surface area contributed by atoms with Gasteiger partial charge in [0, 0.05) is 11.8 Å². The van der Waals surface area contributed by atoms with Crippen molar-refractivity contribution in [2.75, 3.05) is 13.2 Å². The minimum Gasteiger partial charge on any atom is -0.446 e. The summed E-state index contributed by atoms with van der Waals surface area (Å²) in [5.74, 6) is 11.4. The van der Waals surface area contributed by atoms with E-state index in [2.05, 4.69) is 0 Å². The molecule has 8 heteroatoms. The average molecular weight is 507 g/mol. The first-order chi connectivity index (χ1) is 18.5. The molecule has 0 aliphatic heterocycles. The zero-order valence-corrected chi connectivity index (χ0v) is 20.5. The molecule has 4 N–H and O–H groups in total. The summed E-state index contributed by atoms with van der Waals surface area (Å²) in [5.41, 5.74) is 8.66. The SMILES string of the molecule is NN(C(=O)OCC1c2ccccc2-c2ccccc21)N(N)C(=O)OCC1c2ccccc2-c2ccccc21. The third-order valence-electron chi connectivity index (χ3n) is 7.28. The molecule has 0 fully saturated rings. The van der Waals surface area contributed by atoms with Crippen molar-refractivity contribution >= 4 is 12.2 Å². The van der Waals surface area contributed by atoms with E-state index in [0.717, 1.165) is 44.5 Å². The van der Waals surface area contributed by atoms with E-state index in [4.69, 9.17) is 21.2 Å². The highest BCUT2D eigenvalue weighted by molar-refractivity contribution is 5.80. The van der Waals surface area contributed by atoms with Crippen molar-refractivity contribution in [1.29, 1.82) is 0 Å². The molecule has 0 unspecified atom stereocenters. The van der Waals surface area contributed by atoms with Gasteiger partial charge in [-0.15, -0.1) is 10.2 Å². The highest BCUT2D eigenvalue weighted by Crippen LogP contribution is 2.45. The second-order valence-corrected chi connectivity index (χ2v) is 9.30. The van der Waals surface area contributed by atoms with Crippen LogP contribution in [0.2, 0.25) is 0 Å². The molecular weight excluding hydrogens is 480 g/mol. The van der Waals surface area contributed by atoms with E-state index >= 15 is 0 Å². The van der Waals surface area contributed by atoms with Crippen molar-refractivity contribution in [3.8, 4) is 22.3 Å². The van der Waals surface area contributed by atoms with Crippen LogP contribution in [-0.4, -0.2) is 35.6 Å². The largest absolute Gasteiger partial charge is 0.446 e. The number of hydrazine groups is 3. The zero-order chi connectivity index (χ0) is 26.2. The monoisotopic (exact) mass is 506 g/mol. The van der Waals surface area contributed by atoms with E-state index in [-0.39, 0.29) is 25.0 Å². The van der Waals surface area contributed by atoms with Crippen molar-refractivity contribution in [2.45, 2.75) is 11.8 Å². The molecule has 6 rings (SSSR count). The van der Waals surface area contributed by atoms with Gasteiger partial charge in [0.2, 0.25) is 0 Å². The van der Waals surface area contributed by atoms with Gasteiger partial charge in [-0.3, -0.25) is 0 Å². The summed E-state index contributed by atoms with van der Waals surface area (Å²) in [6.07, 6.45) is -1.94. The maximum Gasteiger partial charge on any atom is 0.445 e. The summed E-state index contributed by atoms with van der Waals surface area (Å²) in [6, 6.07) is 32.0. The predicted octanol–water partition coefficient (Wildman–Crippen LogP) is 5.15. The van der Waals surface area contributed by atoms with Crippen molar-refractivity contribution in [2.24, 2.45) is 11.7 Å². The Morgan fingerprint density at radius 3 is 1.08 bits per heavy atom. The highest BCUT2D eigenvalue weighted by atomic mass is 16.6. The van der Waals surface area contributed by atoms with Crippen molar-refractivity contribution in [3.05, 3.63) is 119 Å². The van der Waals surface area contributed by atoms with E-state index in [0.29, 0.717) is 10.2 Å². The number of carbonyl (C=O) groups is 2. The van der Waals surface area contributed by atoms with Gasteiger partial charge in [-0.25, -0.2) is 21.3 Å². The van der Waals surface area contributed by atoms with Crippen LogP contribution in [-0.2, 0) is 9.47 Å². The average Bonchev–Trinajstić information content (AvgIpc) is 3.46. The quantitative estimate of drug-likeness (QED) is 0.225. The Labute approximate surface area is 219 Å². The molecule has 4 aromatic carbocycles. The van der Waals surface area contributed by atoms with Gasteiger partial charge in [-0.05, 0) is 44.5 Å². The molecule has 0 radical (unpaired) electrons. The molecule has 0 spiro atoms. The summed E-state index contributed by atoms with van der Waals surface area (Å²) in [5, 5.41) is 0.845. The number of amides is 2. The molecule has 2 aliphatic rings. The second-order valence-electron chi connectivity index (χ2n) is 9.30. The molecule has 2 amide bonds. The van der Waals surface area contributed by atoms with Crippen molar-refractivity contribution < 1.29 is 19.1 Å². The van der Waals surface area contributed by atoms with E-state index < -0.39 is 12.2 Å². The normalized spacial score (nSPS) is 13.2. The molecule has 0 saturated heterocycles. The lowest BCUT2D eigenvalue weighted by atomic mass is 9.98. The Morgan fingerprint density at radius 2 is 0.789 bits per heavy atom. The maximum atomic E-state index is 12.7. The molecule has 38 heavy (non-hydrogen) atoms. The maximum absolute atomic E-state index is 12.7. The third-order valence-corrected chi connectivity index (χ3v) is 7.28. The van der Waals surface area contributed by atoms with Gasteiger partial charge < -0.3 is 9.47 Å². The van der Waals surface area contributed by atoms with Gasteiger partial charge in [-0.2, -0.15) is 0 Å². The van der Waals surface area contributed by atoms with Gasteiger partial charge in [0.1, 0.15) is 13.2 Å². The van der Waals surface area contributed by atoms with Crippen LogP contribution >= 0.6 is 0 Å². The lowest BCUT2D eigenvalue weighted by molar-refractivity contribution is -0.0251. The van der Waals surface area contributed by atoms with Crippen LogP contribution in [0.15, 0.2) is 97.1 Å². The number of hydrogen-bond donors (Lipinski definition) is 2. The molecule has 0 aromatic heterocycles. The second kappa shape index (κ2) is 9.66. The Kier molecular flexibility index (Phi) is 6.03. The smallest absolute Gasteiger partial charge is 0.445 e. The summed E-state index contributed by atoms with van der Waals surface area (Å²) >= 11 is 0. The number of fused-ring (bicyclic) bond motifs is 6. The fraction of sp³-hybridized carbons (Fsp3) is 0.133. The van der Waals surface area contributed by atoms with Crippen LogP contribution < -0.4 is 11.7 Å². The molecule has 2 aliphatic carbocycles. The molecule has 190 valence electrons. The summed E-state index contributed by atoms with van der Waals surface area (Å²) < 4.78 is 11.0. The van der Waals surface area contributed by atoms with Crippen LogP contribution in [0.4, 0.5) is 9.59 Å². The number of rotatable bonds is 4. The lowest BCUT2D eigenvalue weighted by Gasteiger charge is -2.26. The van der Waals surface area contributed by atoms with Crippen LogP contribution in [0.1, 0.15) is 34.1 Å². The van der Waals surface area contributed by atoms with E-state index in [1.807, 2.05) is 97.1 Å². The van der Waals surface area contributed by atoms with Crippen LogP contribution in [0.25, 0.3) is 22.3 Å². The van der Waals surface area contributed by atoms with Gasteiger partial charge in [0.05, 0.1) is 0 Å². The minimum absolute atomic E-state index is 0.0408. The number of carbonyl (C=O) groups excluding carboxylic acids is 2.